The maximum Gasteiger partial charge on any atom is 0.343 e. The zero-order valence-electron chi connectivity index (χ0n) is 24.0. The van der Waals surface area contributed by atoms with Crippen LogP contribution in [-0.4, -0.2) is 11.1 Å². The summed E-state index contributed by atoms with van der Waals surface area (Å²) in [6.45, 7) is 4.18. The summed E-state index contributed by atoms with van der Waals surface area (Å²) in [5.74, 6) is 1.58. The smallest absolute Gasteiger partial charge is 0.343 e. The molecule has 2 aliphatic rings. The topological polar surface area (TPSA) is 46.5 Å². The van der Waals surface area contributed by atoms with E-state index in [-0.39, 0.29) is 5.97 Å². The van der Waals surface area contributed by atoms with E-state index in [1.165, 1.54) is 38.5 Å². The van der Waals surface area contributed by atoms with Crippen LogP contribution >= 0.6 is 0 Å². The van der Waals surface area contributed by atoms with Crippen LogP contribution in [0, 0.1) is 0 Å². The van der Waals surface area contributed by atoms with Gasteiger partial charge in [-0.25, -0.2) is 4.79 Å². The van der Waals surface area contributed by atoms with Crippen molar-refractivity contribution < 1.29 is 14.6 Å². The highest BCUT2D eigenvalue weighted by molar-refractivity contribution is 6.05. The van der Waals surface area contributed by atoms with Gasteiger partial charge in [-0.3, -0.25) is 0 Å². The van der Waals surface area contributed by atoms with Gasteiger partial charge >= 0.3 is 5.97 Å². The molecule has 0 spiro atoms. The SMILES string of the molecule is C/C=C(\C(=C\C)c1ccc(OC(=O)c2ccccc2)c(C2CCCCC2)c1)c1ccc(O)c(C2CCCCC2)c1. The number of carbonyl (C=O) groups excluding carboxylic acids is 1. The van der Waals surface area contributed by atoms with Crippen molar-refractivity contribution in [2.75, 3.05) is 0 Å². The number of hydrogen-bond donors (Lipinski definition) is 1. The number of carbonyl (C=O) groups is 1. The van der Waals surface area contributed by atoms with Crippen molar-refractivity contribution in [1.82, 2.24) is 0 Å². The summed E-state index contributed by atoms with van der Waals surface area (Å²) in [5, 5.41) is 10.7. The van der Waals surface area contributed by atoms with Gasteiger partial charge in [-0.15, -0.1) is 0 Å². The Morgan fingerprint density at radius 3 is 1.77 bits per heavy atom. The third kappa shape index (κ3) is 6.25. The number of allylic oxidation sites excluding steroid dienone is 4. The number of hydrogen-bond acceptors (Lipinski definition) is 3. The van der Waals surface area contributed by atoms with Gasteiger partial charge in [0.2, 0.25) is 0 Å². The third-order valence-electron chi connectivity index (χ3n) is 8.83. The Morgan fingerprint density at radius 2 is 1.20 bits per heavy atom. The summed E-state index contributed by atoms with van der Waals surface area (Å²) in [4.78, 5) is 13.0. The van der Waals surface area contributed by atoms with Crippen LogP contribution in [0.25, 0.3) is 11.1 Å². The van der Waals surface area contributed by atoms with Gasteiger partial charge in [0, 0.05) is 0 Å². The average molecular weight is 535 g/mol. The van der Waals surface area contributed by atoms with Crippen LogP contribution in [0.5, 0.6) is 11.5 Å². The maximum absolute atomic E-state index is 13.0. The summed E-state index contributed by atoms with van der Waals surface area (Å²) < 4.78 is 6.02. The molecule has 2 saturated carbocycles. The normalized spacial score (nSPS) is 17.6. The molecule has 0 aromatic heterocycles. The Balaban J connectivity index is 1.49. The lowest BCUT2D eigenvalue weighted by Crippen LogP contribution is -2.13. The first-order valence-corrected chi connectivity index (χ1v) is 15.2. The number of rotatable bonds is 7. The Bertz CT molecular complexity index is 1370. The number of phenols is 1. The number of ether oxygens (including phenoxy) is 1. The van der Waals surface area contributed by atoms with Gasteiger partial charge in [-0.1, -0.05) is 81.0 Å². The molecule has 3 aromatic rings. The third-order valence-corrected chi connectivity index (χ3v) is 8.83. The quantitative estimate of drug-likeness (QED) is 0.186. The molecule has 208 valence electrons. The molecule has 0 bridgehead atoms. The van der Waals surface area contributed by atoms with E-state index in [4.69, 9.17) is 4.74 Å². The van der Waals surface area contributed by atoms with Gasteiger partial charge in [-0.2, -0.15) is 0 Å². The summed E-state index contributed by atoms with van der Waals surface area (Å²) in [6, 6.07) is 21.7. The molecule has 5 rings (SSSR count). The summed E-state index contributed by atoms with van der Waals surface area (Å²) in [7, 11) is 0. The highest BCUT2D eigenvalue weighted by atomic mass is 16.5. The van der Waals surface area contributed by atoms with Gasteiger partial charge in [0.05, 0.1) is 5.56 Å². The van der Waals surface area contributed by atoms with E-state index >= 15 is 0 Å². The van der Waals surface area contributed by atoms with Gasteiger partial charge in [0.15, 0.2) is 0 Å². The summed E-state index contributed by atoms with van der Waals surface area (Å²) in [5.41, 5.74) is 7.34. The maximum atomic E-state index is 13.0. The molecule has 0 amide bonds. The number of aromatic hydroxyl groups is 1. The molecule has 40 heavy (non-hydrogen) atoms. The minimum atomic E-state index is -0.315. The highest BCUT2D eigenvalue weighted by Gasteiger charge is 2.24. The van der Waals surface area contributed by atoms with Crippen molar-refractivity contribution in [3.05, 3.63) is 107 Å². The second-order valence-electron chi connectivity index (χ2n) is 11.4. The first-order valence-electron chi connectivity index (χ1n) is 15.2. The molecular formula is C37H42O3. The van der Waals surface area contributed by atoms with Crippen molar-refractivity contribution in [2.45, 2.75) is 89.9 Å². The molecule has 0 aliphatic heterocycles. The summed E-state index contributed by atoms with van der Waals surface area (Å²) in [6.07, 6.45) is 16.3. The van der Waals surface area contributed by atoms with Crippen molar-refractivity contribution in [1.29, 1.82) is 0 Å². The highest BCUT2D eigenvalue weighted by Crippen LogP contribution is 2.43. The monoisotopic (exact) mass is 534 g/mol. The van der Waals surface area contributed by atoms with Crippen molar-refractivity contribution >= 4 is 17.1 Å². The van der Waals surface area contributed by atoms with E-state index in [1.54, 1.807) is 12.1 Å². The number of phenolic OH excluding ortho intramolecular Hbond substituents is 1. The molecule has 3 heteroatoms. The minimum Gasteiger partial charge on any atom is -0.508 e. The number of benzene rings is 3. The molecule has 3 nitrogen and oxygen atoms in total. The second kappa shape index (κ2) is 13.2. The predicted molar refractivity (Wildman–Crippen MR) is 165 cm³/mol. The van der Waals surface area contributed by atoms with Crippen molar-refractivity contribution in [3.8, 4) is 11.5 Å². The Hall–Kier alpha value is -3.59. The van der Waals surface area contributed by atoms with Crippen LogP contribution in [-0.2, 0) is 0 Å². The number of esters is 1. The Morgan fingerprint density at radius 1 is 0.675 bits per heavy atom. The zero-order chi connectivity index (χ0) is 27.9. The van der Waals surface area contributed by atoms with Gasteiger partial charge in [0.1, 0.15) is 11.5 Å². The van der Waals surface area contributed by atoms with E-state index < -0.39 is 0 Å². The van der Waals surface area contributed by atoms with E-state index in [0.717, 1.165) is 59.1 Å². The second-order valence-corrected chi connectivity index (χ2v) is 11.4. The molecule has 0 radical (unpaired) electrons. The van der Waals surface area contributed by atoms with Crippen LogP contribution in [0.15, 0.2) is 78.9 Å². The molecule has 3 aromatic carbocycles. The lowest BCUT2D eigenvalue weighted by atomic mass is 9.80. The standard InChI is InChI=1S/C37H42O3/c1-3-31(29-20-22-35(38)33(24-29)26-14-8-5-9-15-26)32(4-2)30-21-23-36(34(25-30)27-16-10-6-11-17-27)40-37(39)28-18-12-7-13-19-28/h3-4,7,12-13,18-27,38H,5-6,8-11,14-17H2,1-2H3/b31-3-,32-4+. The van der Waals surface area contributed by atoms with Crippen LogP contribution in [0.2, 0.25) is 0 Å². The van der Waals surface area contributed by atoms with E-state index in [1.807, 2.05) is 36.4 Å². The van der Waals surface area contributed by atoms with E-state index in [9.17, 15) is 9.90 Å². The van der Waals surface area contributed by atoms with Crippen molar-refractivity contribution in [2.24, 2.45) is 0 Å². The average Bonchev–Trinajstić information content (AvgIpc) is 3.02. The molecule has 0 saturated heterocycles. The van der Waals surface area contributed by atoms with Gasteiger partial charge in [-0.05, 0) is 121 Å². The fourth-order valence-corrected chi connectivity index (χ4v) is 6.69. The zero-order valence-corrected chi connectivity index (χ0v) is 24.0. The fraction of sp³-hybridized carbons (Fsp3) is 0.378. The molecule has 1 N–H and O–H groups in total. The fourth-order valence-electron chi connectivity index (χ4n) is 6.69. The Labute approximate surface area is 239 Å². The molecule has 2 aliphatic carbocycles. The molecule has 0 atom stereocenters. The largest absolute Gasteiger partial charge is 0.508 e. The molecular weight excluding hydrogens is 492 g/mol. The van der Waals surface area contributed by atoms with Crippen molar-refractivity contribution in [3.63, 3.8) is 0 Å². The van der Waals surface area contributed by atoms with Crippen LogP contribution < -0.4 is 4.74 Å². The summed E-state index contributed by atoms with van der Waals surface area (Å²) >= 11 is 0. The lowest BCUT2D eigenvalue weighted by molar-refractivity contribution is 0.0732. The molecule has 0 unspecified atom stereocenters. The molecule has 2 fully saturated rings. The first-order chi connectivity index (χ1) is 19.6. The van der Waals surface area contributed by atoms with E-state index in [2.05, 4.69) is 44.2 Å². The predicted octanol–water partition coefficient (Wildman–Crippen LogP) is 10.2. The van der Waals surface area contributed by atoms with E-state index in [0.29, 0.717) is 28.9 Å². The van der Waals surface area contributed by atoms with Gasteiger partial charge < -0.3 is 9.84 Å². The Kier molecular flexibility index (Phi) is 9.21. The van der Waals surface area contributed by atoms with Gasteiger partial charge in [0.25, 0.3) is 0 Å². The molecule has 0 heterocycles. The lowest BCUT2D eigenvalue weighted by Gasteiger charge is -2.26. The minimum absolute atomic E-state index is 0.315. The first kappa shape index (κ1) is 28.0. The van der Waals surface area contributed by atoms with Crippen LogP contribution in [0.4, 0.5) is 0 Å². The van der Waals surface area contributed by atoms with Crippen LogP contribution in [0.1, 0.15) is 123 Å². The van der Waals surface area contributed by atoms with Crippen LogP contribution in [0.3, 0.4) is 0 Å².